The average Bonchev–Trinajstić information content (AvgIpc) is 2.33. The fourth-order valence-corrected chi connectivity index (χ4v) is 3.05. The number of aliphatic hydroxyl groups is 1. The number of aliphatic hydroxyl groups excluding tert-OH is 1. The molecule has 0 aromatic heterocycles. The zero-order valence-electron chi connectivity index (χ0n) is 10.6. The molecule has 0 aromatic carbocycles. The van der Waals surface area contributed by atoms with E-state index in [1.165, 1.54) is 20.0 Å². The van der Waals surface area contributed by atoms with Crippen molar-refractivity contribution in [2.45, 2.75) is 38.1 Å². The minimum absolute atomic E-state index is 0.0846. The highest BCUT2D eigenvalue weighted by Gasteiger charge is 2.35. The van der Waals surface area contributed by atoms with Crippen molar-refractivity contribution in [1.82, 2.24) is 4.90 Å². The van der Waals surface area contributed by atoms with Gasteiger partial charge in [0.05, 0.1) is 13.5 Å². The highest BCUT2D eigenvalue weighted by Crippen LogP contribution is 2.32. The molecule has 0 amide bonds. The van der Waals surface area contributed by atoms with E-state index in [1.54, 1.807) is 0 Å². The number of ether oxygens (including phenoxy) is 1. The Morgan fingerprint density at radius 1 is 1.24 bits per heavy atom. The molecule has 2 rings (SSSR count). The number of methoxy groups -OCH3 is 1. The second kappa shape index (κ2) is 5.83. The van der Waals surface area contributed by atoms with E-state index < -0.39 is 0 Å². The Morgan fingerprint density at radius 3 is 2.41 bits per heavy atom. The normalized spacial score (nSPS) is 30.9. The summed E-state index contributed by atoms with van der Waals surface area (Å²) < 4.78 is 4.68. The van der Waals surface area contributed by atoms with E-state index in [9.17, 15) is 4.79 Å². The van der Waals surface area contributed by atoms with E-state index in [-0.39, 0.29) is 5.97 Å². The third kappa shape index (κ3) is 3.19. The zero-order chi connectivity index (χ0) is 12.3. The average molecular weight is 241 g/mol. The molecule has 1 N–H and O–H groups in total. The molecule has 0 bridgehead atoms. The van der Waals surface area contributed by atoms with Crippen LogP contribution in [0, 0.1) is 11.8 Å². The molecule has 2 aliphatic rings. The molecule has 1 aliphatic carbocycles. The summed E-state index contributed by atoms with van der Waals surface area (Å²) in [6, 6.07) is 0.687. The SMILES string of the molecule is COC(=O)CC1CN(C2CCC(CO)CC2)C1. The molecule has 17 heavy (non-hydrogen) atoms. The fraction of sp³-hybridized carbons (Fsp3) is 0.923. The Hall–Kier alpha value is -0.610. The molecular weight excluding hydrogens is 218 g/mol. The predicted octanol–water partition coefficient (Wildman–Crippen LogP) is 1.03. The van der Waals surface area contributed by atoms with Crippen molar-refractivity contribution in [2.75, 3.05) is 26.8 Å². The van der Waals surface area contributed by atoms with Crippen molar-refractivity contribution in [2.24, 2.45) is 11.8 Å². The smallest absolute Gasteiger partial charge is 0.305 e. The molecule has 0 spiro atoms. The van der Waals surface area contributed by atoms with Crippen LogP contribution in [0.2, 0.25) is 0 Å². The molecule has 0 unspecified atom stereocenters. The molecule has 98 valence electrons. The number of hydrogen-bond acceptors (Lipinski definition) is 4. The van der Waals surface area contributed by atoms with Crippen molar-refractivity contribution in [3.8, 4) is 0 Å². The number of hydrogen-bond donors (Lipinski definition) is 1. The van der Waals surface area contributed by atoms with Gasteiger partial charge in [0.1, 0.15) is 0 Å². The highest BCUT2D eigenvalue weighted by atomic mass is 16.5. The van der Waals surface area contributed by atoms with Crippen molar-refractivity contribution < 1.29 is 14.6 Å². The van der Waals surface area contributed by atoms with E-state index in [2.05, 4.69) is 9.64 Å². The number of nitrogens with zero attached hydrogens (tertiary/aromatic N) is 1. The summed E-state index contributed by atoms with van der Waals surface area (Å²) in [7, 11) is 1.45. The summed E-state index contributed by atoms with van der Waals surface area (Å²) in [5.41, 5.74) is 0. The quantitative estimate of drug-likeness (QED) is 0.747. The maximum absolute atomic E-state index is 11.1. The number of rotatable bonds is 4. The molecule has 0 atom stereocenters. The van der Waals surface area contributed by atoms with Gasteiger partial charge in [0.2, 0.25) is 0 Å². The topological polar surface area (TPSA) is 49.8 Å². The predicted molar refractivity (Wildman–Crippen MR) is 64.5 cm³/mol. The number of likely N-dealkylation sites (tertiary alicyclic amines) is 1. The Balaban J connectivity index is 1.65. The van der Waals surface area contributed by atoms with E-state index in [0.29, 0.717) is 30.9 Å². The number of esters is 1. The van der Waals surface area contributed by atoms with E-state index in [1.807, 2.05) is 0 Å². The van der Waals surface area contributed by atoms with Crippen LogP contribution < -0.4 is 0 Å². The van der Waals surface area contributed by atoms with Crippen molar-refractivity contribution in [3.63, 3.8) is 0 Å². The molecule has 0 radical (unpaired) electrons. The second-order valence-electron chi connectivity index (χ2n) is 5.46. The van der Waals surface area contributed by atoms with Crippen LogP contribution in [0.15, 0.2) is 0 Å². The largest absolute Gasteiger partial charge is 0.469 e. The third-order valence-corrected chi connectivity index (χ3v) is 4.26. The molecule has 4 nitrogen and oxygen atoms in total. The zero-order valence-corrected chi connectivity index (χ0v) is 10.6. The summed E-state index contributed by atoms with van der Waals surface area (Å²) in [6.07, 6.45) is 5.28. The Kier molecular flexibility index (Phi) is 4.40. The van der Waals surface area contributed by atoms with Gasteiger partial charge in [-0.25, -0.2) is 0 Å². The summed E-state index contributed by atoms with van der Waals surface area (Å²) in [5.74, 6) is 0.940. The molecule has 4 heteroatoms. The van der Waals surface area contributed by atoms with Gasteiger partial charge < -0.3 is 9.84 Å². The molecule has 1 aliphatic heterocycles. The summed E-state index contributed by atoms with van der Waals surface area (Å²) in [5, 5.41) is 9.09. The lowest BCUT2D eigenvalue weighted by atomic mass is 9.83. The first-order chi connectivity index (χ1) is 8.22. The van der Waals surface area contributed by atoms with E-state index >= 15 is 0 Å². The molecule has 0 aromatic rings. The first kappa shape index (κ1) is 12.8. The van der Waals surface area contributed by atoms with Crippen molar-refractivity contribution >= 4 is 5.97 Å². The lowest BCUT2D eigenvalue weighted by molar-refractivity contribution is -0.143. The lowest BCUT2D eigenvalue weighted by Crippen LogP contribution is -2.53. The van der Waals surface area contributed by atoms with Crippen molar-refractivity contribution in [3.05, 3.63) is 0 Å². The standard InChI is InChI=1S/C13H23NO3/c1-17-13(16)6-11-7-14(8-11)12-4-2-10(9-15)3-5-12/h10-12,15H,2-9H2,1H3. The van der Waals surface area contributed by atoms with Crippen LogP contribution in [0.5, 0.6) is 0 Å². The van der Waals surface area contributed by atoms with Crippen molar-refractivity contribution in [1.29, 1.82) is 0 Å². The first-order valence-corrected chi connectivity index (χ1v) is 6.64. The number of carbonyl (C=O) groups excluding carboxylic acids is 1. The summed E-state index contributed by atoms with van der Waals surface area (Å²) >= 11 is 0. The minimum Gasteiger partial charge on any atom is -0.469 e. The third-order valence-electron chi connectivity index (χ3n) is 4.26. The summed E-state index contributed by atoms with van der Waals surface area (Å²) in [4.78, 5) is 13.6. The van der Waals surface area contributed by atoms with Gasteiger partial charge in [0.15, 0.2) is 0 Å². The van der Waals surface area contributed by atoms with Gasteiger partial charge in [-0.15, -0.1) is 0 Å². The molecule has 2 fully saturated rings. The van der Waals surface area contributed by atoms with Crippen LogP contribution in [0.4, 0.5) is 0 Å². The maximum Gasteiger partial charge on any atom is 0.305 e. The number of carbonyl (C=O) groups is 1. The Labute approximate surface area is 103 Å². The van der Waals surface area contributed by atoms with Gasteiger partial charge >= 0.3 is 5.97 Å². The van der Waals surface area contributed by atoms with Gasteiger partial charge in [0, 0.05) is 25.7 Å². The molecular formula is C13H23NO3. The van der Waals surface area contributed by atoms with Gasteiger partial charge in [-0.3, -0.25) is 9.69 Å². The van der Waals surface area contributed by atoms with Gasteiger partial charge in [0.25, 0.3) is 0 Å². The fourth-order valence-electron chi connectivity index (χ4n) is 3.05. The molecule has 1 saturated carbocycles. The van der Waals surface area contributed by atoms with Crippen LogP contribution >= 0.6 is 0 Å². The van der Waals surface area contributed by atoms with Gasteiger partial charge in [-0.05, 0) is 37.5 Å². The van der Waals surface area contributed by atoms with E-state index in [4.69, 9.17) is 5.11 Å². The second-order valence-corrected chi connectivity index (χ2v) is 5.46. The maximum atomic E-state index is 11.1. The highest BCUT2D eigenvalue weighted by molar-refractivity contribution is 5.69. The van der Waals surface area contributed by atoms with Crippen LogP contribution in [0.3, 0.4) is 0 Å². The van der Waals surface area contributed by atoms with Crippen LogP contribution in [-0.2, 0) is 9.53 Å². The minimum atomic E-state index is -0.0846. The van der Waals surface area contributed by atoms with Crippen LogP contribution in [-0.4, -0.2) is 48.8 Å². The van der Waals surface area contributed by atoms with Crippen LogP contribution in [0.25, 0.3) is 0 Å². The Bertz CT molecular complexity index is 255. The molecule has 1 saturated heterocycles. The lowest BCUT2D eigenvalue weighted by Gasteiger charge is -2.46. The Morgan fingerprint density at radius 2 is 1.88 bits per heavy atom. The monoisotopic (exact) mass is 241 g/mol. The molecule has 1 heterocycles. The summed E-state index contributed by atoms with van der Waals surface area (Å²) in [6.45, 7) is 2.44. The van der Waals surface area contributed by atoms with Gasteiger partial charge in [-0.2, -0.15) is 0 Å². The first-order valence-electron chi connectivity index (χ1n) is 6.64. The van der Waals surface area contributed by atoms with Gasteiger partial charge in [-0.1, -0.05) is 0 Å². The van der Waals surface area contributed by atoms with Crippen LogP contribution in [0.1, 0.15) is 32.1 Å². The van der Waals surface area contributed by atoms with E-state index in [0.717, 1.165) is 25.9 Å².